The molecule has 1 nitrogen and oxygen atoms in total. The third kappa shape index (κ3) is 2.06. The number of likely N-dealkylation sites (tertiary alicyclic amines) is 1. The van der Waals surface area contributed by atoms with Crippen LogP contribution in [0.2, 0.25) is 0 Å². The molecule has 0 unspecified atom stereocenters. The van der Waals surface area contributed by atoms with Crippen molar-refractivity contribution in [3.63, 3.8) is 0 Å². The van der Waals surface area contributed by atoms with Gasteiger partial charge in [0.25, 0.3) is 0 Å². The van der Waals surface area contributed by atoms with E-state index < -0.39 is 0 Å². The molecule has 1 heterocycles. The molecular formula is C7H12NS2-. The summed E-state index contributed by atoms with van der Waals surface area (Å²) in [5.74, 6) is 0.773. The summed E-state index contributed by atoms with van der Waals surface area (Å²) in [6.07, 6.45) is 2.58. The van der Waals surface area contributed by atoms with E-state index in [4.69, 9.17) is 24.8 Å². The number of piperidine rings is 1. The van der Waals surface area contributed by atoms with Crippen LogP contribution >= 0.6 is 12.2 Å². The molecule has 1 aliphatic heterocycles. The molecule has 3 heteroatoms. The third-order valence-corrected chi connectivity index (χ3v) is 2.43. The Morgan fingerprint density at radius 1 is 1.70 bits per heavy atom. The lowest BCUT2D eigenvalue weighted by molar-refractivity contribution is 0.280. The number of hydrogen-bond acceptors (Lipinski definition) is 2. The second-order valence-corrected chi connectivity index (χ2v) is 3.99. The van der Waals surface area contributed by atoms with Crippen LogP contribution in [0.25, 0.3) is 0 Å². The van der Waals surface area contributed by atoms with Gasteiger partial charge in [0.05, 0.1) is 0 Å². The Morgan fingerprint density at radius 3 is 2.80 bits per heavy atom. The van der Waals surface area contributed by atoms with Crippen LogP contribution in [0.1, 0.15) is 19.8 Å². The fourth-order valence-corrected chi connectivity index (χ4v) is 1.69. The van der Waals surface area contributed by atoms with Crippen molar-refractivity contribution in [3.05, 3.63) is 0 Å². The molecule has 1 fully saturated rings. The Morgan fingerprint density at radius 2 is 2.40 bits per heavy atom. The summed E-state index contributed by atoms with van der Waals surface area (Å²) in [6, 6.07) is 0. The molecule has 1 aliphatic rings. The van der Waals surface area contributed by atoms with Gasteiger partial charge in [-0.2, -0.15) is 0 Å². The van der Waals surface area contributed by atoms with Gasteiger partial charge in [0.2, 0.25) is 0 Å². The quantitative estimate of drug-likeness (QED) is 0.405. The molecule has 58 valence electrons. The molecule has 0 aromatic carbocycles. The van der Waals surface area contributed by atoms with E-state index in [-0.39, 0.29) is 0 Å². The molecule has 0 aromatic rings. The van der Waals surface area contributed by atoms with E-state index in [0.717, 1.165) is 19.0 Å². The fraction of sp³-hybridized carbons (Fsp3) is 0.857. The van der Waals surface area contributed by atoms with E-state index in [0.29, 0.717) is 4.32 Å². The van der Waals surface area contributed by atoms with Crippen molar-refractivity contribution in [2.75, 3.05) is 13.1 Å². The molecular weight excluding hydrogens is 162 g/mol. The summed E-state index contributed by atoms with van der Waals surface area (Å²) in [6.45, 7) is 4.40. The van der Waals surface area contributed by atoms with Crippen molar-refractivity contribution >= 4 is 29.2 Å². The maximum absolute atomic E-state index is 4.91. The maximum Gasteiger partial charge on any atom is 0.0188 e. The van der Waals surface area contributed by atoms with Crippen LogP contribution in [0.4, 0.5) is 0 Å². The van der Waals surface area contributed by atoms with Gasteiger partial charge in [-0.05, 0) is 18.8 Å². The normalized spacial score (nSPS) is 26.5. The minimum absolute atomic E-state index is 0.645. The zero-order chi connectivity index (χ0) is 7.56. The lowest BCUT2D eigenvalue weighted by Gasteiger charge is -2.35. The summed E-state index contributed by atoms with van der Waals surface area (Å²) < 4.78 is 0.645. The van der Waals surface area contributed by atoms with E-state index in [1.165, 1.54) is 12.8 Å². The average Bonchev–Trinajstić information content (AvgIpc) is 1.88. The van der Waals surface area contributed by atoms with Crippen LogP contribution in [0.3, 0.4) is 0 Å². The molecule has 0 aromatic heterocycles. The highest BCUT2D eigenvalue weighted by Gasteiger charge is 2.13. The molecule has 1 rings (SSSR count). The molecule has 1 atom stereocenters. The zero-order valence-electron chi connectivity index (χ0n) is 6.17. The van der Waals surface area contributed by atoms with Crippen molar-refractivity contribution in [3.8, 4) is 0 Å². The van der Waals surface area contributed by atoms with Gasteiger partial charge >= 0.3 is 0 Å². The van der Waals surface area contributed by atoms with Gasteiger partial charge in [0, 0.05) is 13.1 Å². The van der Waals surface area contributed by atoms with Crippen LogP contribution < -0.4 is 0 Å². The summed E-state index contributed by atoms with van der Waals surface area (Å²) in [5.41, 5.74) is 0. The van der Waals surface area contributed by atoms with Crippen molar-refractivity contribution in [1.82, 2.24) is 4.90 Å². The first-order valence-electron chi connectivity index (χ1n) is 3.66. The van der Waals surface area contributed by atoms with Gasteiger partial charge < -0.3 is 29.7 Å². The Kier molecular flexibility index (Phi) is 2.86. The second kappa shape index (κ2) is 3.49. The Balaban J connectivity index is 2.39. The van der Waals surface area contributed by atoms with Gasteiger partial charge in [-0.25, -0.2) is 0 Å². The Labute approximate surface area is 73.2 Å². The van der Waals surface area contributed by atoms with Crippen molar-refractivity contribution in [2.24, 2.45) is 5.92 Å². The largest absolute Gasteiger partial charge is 0.411 e. The highest BCUT2D eigenvalue weighted by atomic mass is 32.1. The van der Waals surface area contributed by atoms with E-state index in [9.17, 15) is 0 Å². The average molecular weight is 174 g/mol. The standard InChI is InChI=1S/C7H13NS2/c1-6-3-2-4-8(5-6)7(9)10/h6H,2-5H2,1H3,(H,9,10)/p-1/t6-/m1/s1. The van der Waals surface area contributed by atoms with Gasteiger partial charge in [-0.3, -0.25) is 0 Å². The van der Waals surface area contributed by atoms with Crippen LogP contribution in [0.15, 0.2) is 0 Å². The fourth-order valence-electron chi connectivity index (χ4n) is 1.36. The predicted octanol–water partition coefficient (Wildman–Crippen LogP) is 1.55. The molecule has 0 radical (unpaired) electrons. The summed E-state index contributed by atoms with van der Waals surface area (Å²) in [4.78, 5) is 2.12. The highest BCUT2D eigenvalue weighted by Crippen LogP contribution is 2.15. The molecule has 1 saturated heterocycles. The van der Waals surface area contributed by atoms with E-state index >= 15 is 0 Å². The minimum Gasteiger partial charge on any atom is -0.411 e. The number of nitrogens with zero attached hydrogens (tertiary/aromatic N) is 1. The summed E-state index contributed by atoms with van der Waals surface area (Å²) in [5, 5.41) is 0. The second-order valence-electron chi connectivity index (χ2n) is 2.96. The molecule has 0 bridgehead atoms. The molecule has 0 spiro atoms. The Bertz CT molecular complexity index is 136. The molecule has 0 N–H and O–H groups in total. The predicted molar refractivity (Wildman–Crippen MR) is 49.9 cm³/mol. The monoisotopic (exact) mass is 174 g/mol. The minimum atomic E-state index is 0.645. The number of thiocarbonyl (C=S) groups is 1. The van der Waals surface area contributed by atoms with Crippen LogP contribution in [0.5, 0.6) is 0 Å². The van der Waals surface area contributed by atoms with Gasteiger partial charge in [-0.15, -0.1) is 0 Å². The lowest BCUT2D eigenvalue weighted by atomic mass is 10.0. The number of rotatable bonds is 0. The van der Waals surface area contributed by atoms with E-state index in [1.807, 2.05) is 0 Å². The van der Waals surface area contributed by atoms with Crippen LogP contribution in [0, 0.1) is 5.92 Å². The smallest absolute Gasteiger partial charge is 0.0188 e. The van der Waals surface area contributed by atoms with Gasteiger partial charge in [0.1, 0.15) is 0 Å². The topological polar surface area (TPSA) is 3.24 Å². The first-order valence-corrected chi connectivity index (χ1v) is 4.47. The first kappa shape index (κ1) is 8.21. The molecule has 10 heavy (non-hydrogen) atoms. The van der Waals surface area contributed by atoms with E-state index in [2.05, 4.69) is 11.8 Å². The van der Waals surface area contributed by atoms with Gasteiger partial charge in [-0.1, -0.05) is 11.2 Å². The molecule has 0 saturated carbocycles. The summed E-state index contributed by atoms with van der Waals surface area (Å²) in [7, 11) is 0. The molecule has 0 amide bonds. The SMILES string of the molecule is C[C@@H]1CCCN(C(=S)[S-])C1. The Hall–Kier alpha value is 0.110. The zero-order valence-corrected chi connectivity index (χ0v) is 7.80. The van der Waals surface area contributed by atoms with E-state index in [1.54, 1.807) is 0 Å². The van der Waals surface area contributed by atoms with Gasteiger partial charge in [0.15, 0.2) is 0 Å². The van der Waals surface area contributed by atoms with Crippen molar-refractivity contribution in [2.45, 2.75) is 19.8 Å². The summed E-state index contributed by atoms with van der Waals surface area (Å²) >= 11 is 9.82. The maximum atomic E-state index is 4.91. The number of hydrogen-bond donors (Lipinski definition) is 0. The lowest BCUT2D eigenvalue weighted by Crippen LogP contribution is -2.36. The van der Waals surface area contributed by atoms with Crippen molar-refractivity contribution < 1.29 is 0 Å². The van der Waals surface area contributed by atoms with Crippen LogP contribution in [-0.2, 0) is 12.6 Å². The first-order chi connectivity index (χ1) is 4.70. The van der Waals surface area contributed by atoms with Crippen LogP contribution in [-0.4, -0.2) is 22.3 Å². The third-order valence-electron chi connectivity index (χ3n) is 1.92. The highest BCUT2D eigenvalue weighted by molar-refractivity contribution is 8.00. The van der Waals surface area contributed by atoms with Crippen molar-refractivity contribution in [1.29, 1.82) is 0 Å². The molecule has 0 aliphatic carbocycles.